The van der Waals surface area contributed by atoms with Crippen LogP contribution < -0.4 is 0 Å². The van der Waals surface area contributed by atoms with Crippen molar-refractivity contribution in [3.05, 3.63) is 12.2 Å². The van der Waals surface area contributed by atoms with Gasteiger partial charge in [0.1, 0.15) is 0 Å². The molecular weight excluding hydrogens is 226 g/mol. The molecule has 1 amide bonds. The van der Waals surface area contributed by atoms with E-state index in [4.69, 9.17) is 4.74 Å². The summed E-state index contributed by atoms with van der Waals surface area (Å²) in [6.07, 6.45) is 8.41. The standard InChI is InChI=1S/C15H25NO2/c1-12(2)9-14-11-18-8-7-16(14)15(17)10-13-5-3-4-6-13/h3,5,12-14H,4,6-11H2,1-2H3. The molecule has 3 heteroatoms. The van der Waals surface area contributed by atoms with Gasteiger partial charge in [0.2, 0.25) is 5.91 Å². The van der Waals surface area contributed by atoms with Gasteiger partial charge in [0.25, 0.3) is 0 Å². The van der Waals surface area contributed by atoms with Gasteiger partial charge < -0.3 is 9.64 Å². The van der Waals surface area contributed by atoms with Crippen molar-refractivity contribution in [1.82, 2.24) is 4.90 Å². The number of hydrogen-bond acceptors (Lipinski definition) is 2. The Hall–Kier alpha value is -0.830. The van der Waals surface area contributed by atoms with E-state index in [0.717, 1.165) is 25.8 Å². The number of hydrogen-bond donors (Lipinski definition) is 0. The number of ether oxygens (including phenoxy) is 1. The van der Waals surface area contributed by atoms with Gasteiger partial charge in [-0.15, -0.1) is 0 Å². The Morgan fingerprint density at radius 3 is 3.00 bits per heavy atom. The molecule has 1 aliphatic heterocycles. The molecule has 0 saturated carbocycles. The molecule has 2 atom stereocenters. The monoisotopic (exact) mass is 251 g/mol. The van der Waals surface area contributed by atoms with Crippen LogP contribution in [-0.2, 0) is 9.53 Å². The zero-order valence-electron chi connectivity index (χ0n) is 11.6. The van der Waals surface area contributed by atoms with E-state index in [1.165, 1.54) is 0 Å². The predicted octanol–water partition coefficient (Wildman–Crippen LogP) is 2.62. The van der Waals surface area contributed by atoms with Gasteiger partial charge >= 0.3 is 0 Å². The van der Waals surface area contributed by atoms with E-state index >= 15 is 0 Å². The first-order valence-corrected chi connectivity index (χ1v) is 7.20. The van der Waals surface area contributed by atoms with Crippen LogP contribution in [0.5, 0.6) is 0 Å². The molecule has 0 aromatic carbocycles. The Labute approximate surface area is 110 Å². The Morgan fingerprint density at radius 1 is 1.50 bits per heavy atom. The van der Waals surface area contributed by atoms with Crippen LogP contribution in [0, 0.1) is 11.8 Å². The zero-order valence-corrected chi connectivity index (χ0v) is 11.6. The fourth-order valence-electron chi connectivity index (χ4n) is 2.93. The van der Waals surface area contributed by atoms with Crippen LogP contribution in [-0.4, -0.2) is 36.6 Å². The lowest BCUT2D eigenvalue weighted by Crippen LogP contribution is -2.49. The number of carbonyl (C=O) groups excluding carboxylic acids is 1. The first-order valence-electron chi connectivity index (χ1n) is 7.20. The van der Waals surface area contributed by atoms with Gasteiger partial charge in [-0.25, -0.2) is 0 Å². The van der Waals surface area contributed by atoms with Crippen molar-refractivity contribution >= 4 is 5.91 Å². The largest absolute Gasteiger partial charge is 0.377 e. The molecule has 0 radical (unpaired) electrons. The van der Waals surface area contributed by atoms with Crippen molar-refractivity contribution in [3.63, 3.8) is 0 Å². The Kier molecular flexibility index (Phi) is 4.81. The maximum absolute atomic E-state index is 12.4. The lowest BCUT2D eigenvalue weighted by Gasteiger charge is -2.37. The van der Waals surface area contributed by atoms with Gasteiger partial charge in [-0.2, -0.15) is 0 Å². The summed E-state index contributed by atoms with van der Waals surface area (Å²) >= 11 is 0. The summed E-state index contributed by atoms with van der Waals surface area (Å²) in [5.74, 6) is 1.40. The van der Waals surface area contributed by atoms with E-state index in [1.54, 1.807) is 0 Å². The van der Waals surface area contributed by atoms with E-state index in [2.05, 4.69) is 30.9 Å². The second-order valence-corrected chi connectivity index (χ2v) is 5.92. The van der Waals surface area contributed by atoms with E-state index < -0.39 is 0 Å². The van der Waals surface area contributed by atoms with Crippen molar-refractivity contribution in [2.45, 2.75) is 45.6 Å². The van der Waals surface area contributed by atoms with Crippen LogP contribution in [0.1, 0.15) is 39.5 Å². The zero-order chi connectivity index (χ0) is 13.0. The summed E-state index contributed by atoms with van der Waals surface area (Å²) < 4.78 is 5.53. The quantitative estimate of drug-likeness (QED) is 0.719. The highest BCUT2D eigenvalue weighted by atomic mass is 16.5. The molecule has 3 nitrogen and oxygen atoms in total. The molecule has 2 unspecified atom stereocenters. The molecule has 18 heavy (non-hydrogen) atoms. The topological polar surface area (TPSA) is 29.5 Å². The number of nitrogens with zero attached hydrogens (tertiary/aromatic N) is 1. The summed E-state index contributed by atoms with van der Waals surface area (Å²) in [7, 11) is 0. The third kappa shape index (κ3) is 3.58. The Morgan fingerprint density at radius 2 is 2.33 bits per heavy atom. The fraction of sp³-hybridized carbons (Fsp3) is 0.800. The van der Waals surface area contributed by atoms with Crippen molar-refractivity contribution in [2.75, 3.05) is 19.8 Å². The predicted molar refractivity (Wildman–Crippen MR) is 72.3 cm³/mol. The van der Waals surface area contributed by atoms with E-state index in [0.29, 0.717) is 37.4 Å². The molecule has 102 valence electrons. The molecule has 1 aliphatic carbocycles. The van der Waals surface area contributed by atoms with E-state index in [1.807, 2.05) is 0 Å². The maximum Gasteiger partial charge on any atom is 0.223 e. The van der Waals surface area contributed by atoms with Crippen LogP contribution in [0.2, 0.25) is 0 Å². The van der Waals surface area contributed by atoms with Gasteiger partial charge in [0.15, 0.2) is 0 Å². The minimum atomic E-state index is 0.289. The summed E-state index contributed by atoms with van der Waals surface area (Å²) in [5, 5.41) is 0. The second-order valence-electron chi connectivity index (χ2n) is 5.92. The number of amides is 1. The average Bonchev–Trinajstić information content (AvgIpc) is 2.81. The SMILES string of the molecule is CC(C)CC1COCCN1C(=O)CC1C=CCC1. The van der Waals surface area contributed by atoms with Gasteiger partial charge in [0.05, 0.1) is 19.3 Å². The molecular formula is C15H25NO2. The minimum Gasteiger partial charge on any atom is -0.377 e. The number of allylic oxidation sites excluding steroid dienone is 2. The van der Waals surface area contributed by atoms with E-state index in [-0.39, 0.29) is 6.04 Å². The normalized spacial score (nSPS) is 28.1. The number of carbonyl (C=O) groups is 1. The van der Waals surface area contributed by atoms with Crippen LogP contribution in [0.3, 0.4) is 0 Å². The average molecular weight is 251 g/mol. The molecule has 1 fully saturated rings. The Balaban J connectivity index is 1.90. The first kappa shape index (κ1) is 13.6. The van der Waals surface area contributed by atoms with Gasteiger partial charge in [-0.05, 0) is 31.1 Å². The van der Waals surface area contributed by atoms with Gasteiger partial charge in [-0.1, -0.05) is 26.0 Å². The van der Waals surface area contributed by atoms with Crippen LogP contribution >= 0.6 is 0 Å². The van der Waals surface area contributed by atoms with Crippen molar-refractivity contribution in [3.8, 4) is 0 Å². The molecule has 2 aliphatic rings. The molecule has 1 heterocycles. The summed E-state index contributed by atoms with van der Waals surface area (Å²) in [5.41, 5.74) is 0. The lowest BCUT2D eigenvalue weighted by molar-refractivity contribution is -0.141. The maximum atomic E-state index is 12.4. The Bertz CT molecular complexity index is 312. The summed E-state index contributed by atoms with van der Waals surface area (Å²) in [6, 6.07) is 0.289. The second kappa shape index (κ2) is 6.37. The minimum absolute atomic E-state index is 0.289. The van der Waals surface area contributed by atoms with E-state index in [9.17, 15) is 4.79 Å². The van der Waals surface area contributed by atoms with Crippen LogP contribution in [0.25, 0.3) is 0 Å². The highest BCUT2D eigenvalue weighted by molar-refractivity contribution is 5.77. The van der Waals surface area contributed by atoms with Gasteiger partial charge in [-0.3, -0.25) is 4.79 Å². The van der Waals surface area contributed by atoms with Crippen LogP contribution in [0.15, 0.2) is 12.2 Å². The fourth-order valence-corrected chi connectivity index (χ4v) is 2.93. The molecule has 0 aromatic rings. The van der Waals surface area contributed by atoms with Crippen molar-refractivity contribution in [2.24, 2.45) is 11.8 Å². The highest BCUT2D eigenvalue weighted by Gasteiger charge is 2.28. The molecule has 1 saturated heterocycles. The smallest absolute Gasteiger partial charge is 0.223 e. The molecule has 0 aromatic heterocycles. The highest BCUT2D eigenvalue weighted by Crippen LogP contribution is 2.23. The summed E-state index contributed by atoms with van der Waals surface area (Å²) in [4.78, 5) is 14.4. The van der Waals surface area contributed by atoms with Gasteiger partial charge in [0, 0.05) is 13.0 Å². The number of rotatable bonds is 4. The molecule has 0 N–H and O–H groups in total. The summed E-state index contributed by atoms with van der Waals surface area (Å²) in [6.45, 7) is 6.59. The lowest BCUT2D eigenvalue weighted by atomic mass is 9.99. The third-order valence-corrected chi connectivity index (χ3v) is 3.84. The first-order chi connectivity index (χ1) is 8.66. The molecule has 0 bridgehead atoms. The van der Waals surface area contributed by atoms with Crippen LogP contribution in [0.4, 0.5) is 0 Å². The number of morpholine rings is 1. The molecule has 0 spiro atoms. The molecule has 2 rings (SSSR count). The third-order valence-electron chi connectivity index (χ3n) is 3.84. The van der Waals surface area contributed by atoms with Crippen molar-refractivity contribution in [1.29, 1.82) is 0 Å². The van der Waals surface area contributed by atoms with Crippen molar-refractivity contribution < 1.29 is 9.53 Å².